The number of thiophene rings is 2. The molecule has 11 rings (SSSR count). The van der Waals surface area contributed by atoms with Crippen LogP contribution >= 0.6 is 29.8 Å². The lowest BCUT2D eigenvalue weighted by molar-refractivity contribution is 0.0696. The number of para-hydroxylation sites is 4. The highest BCUT2D eigenvalue weighted by Crippen LogP contribution is 2.60. The molecule has 1 N–H and O–H groups in total. The van der Waals surface area contributed by atoms with Gasteiger partial charge in [-0.25, -0.2) is 4.79 Å². The molecule has 10 heteroatoms. The number of aromatic carboxylic acids is 1. The normalized spacial score (nSPS) is 14.8. The Kier molecular flexibility index (Phi) is 12.0. The zero-order valence-electron chi connectivity index (χ0n) is 38.2. The second-order valence-electron chi connectivity index (χ2n) is 16.8. The summed E-state index contributed by atoms with van der Waals surface area (Å²) in [5, 5.41) is 12.4. The maximum atomic E-state index is 16.8. The van der Waals surface area contributed by atoms with Gasteiger partial charge in [-0.1, -0.05) is 127 Å². The van der Waals surface area contributed by atoms with Crippen LogP contribution in [0.15, 0.2) is 224 Å². The first-order valence-corrected chi connectivity index (χ1v) is 26.1. The predicted molar refractivity (Wildman–Crippen MR) is 289 cm³/mol. The summed E-state index contributed by atoms with van der Waals surface area (Å²) in [6, 6.07) is 75.4. The van der Waals surface area contributed by atoms with E-state index in [2.05, 4.69) is 119 Å². The second-order valence-corrected chi connectivity index (χ2v) is 21.7. The minimum atomic E-state index is -3.56. The van der Waals surface area contributed by atoms with Crippen molar-refractivity contribution in [2.24, 2.45) is 0 Å². The van der Waals surface area contributed by atoms with Crippen LogP contribution in [0, 0.1) is 0 Å². The number of hydrogen-bond acceptors (Lipinski definition) is 8. The van der Waals surface area contributed by atoms with Gasteiger partial charge in [0.2, 0.25) is 0 Å². The van der Waals surface area contributed by atoms with Crippen molar-refractivity contribution in [1.82, 2.24) is 0 Å². The molecule has 0 saturated carbocycles. The molecule has 0 atom stereocenters. The first-order chi connectivity index (χ1) is 34.3. The Hall–Kier alpha value is -7.94. The molecule has 3 heterocycles. The quantitative estimate of drug-likeness (QED) is 0.115. The highest BCUT2D eigenvalue weighted by atomic mass is 32.1. The average Bonchev–Trinajstić information content (AvgIpc) is 4.08. The lowest BCUT2D eigenvalue weighted by atomic mass is 9.92. The van der Waals surface area contributed by atoms with Gasteiger partial charge in [-0.3, -0.25) is 0 Å². The first-order valence-electron chi connectivity index (χ1n) is 22.8. The molecule has 2 aromatic heterocycles. The molecule has 0 spiro atoms. The lowest BCUT2D eigenvalue weighted by Crippen LogP contribution is -2.33. The number of nitrogens with zero attached hydrogens (tertiary/aromatic N) is 2. The minimum Gasteiger partial charge on any atom is -0.496 e. The third-order valence-electron chi connectivity index (χ3n) is 12.8. The molecule has 0 saturated heterocycles. The number of hydrogen-bond donors (Lipinski definition) is 1. The minimum absolute atomic E-state index is 0.0441. The van der Waals surface area contributed by atoms with Crippen molar-refractivity contribution in [2.45, 2.75) is 5.92 Å². The van der Waals surface area contributed by atoms with E-state index in [1.807, 2.05) is 103 Å². The summed E-state index contributed by atoms with van der Waals surface area (Å²) < 4.78 is 28.9. The maximum absolute atomic E-state index is 16.8. The standard InChI is InChI=1S/C60H45N2O5PS2/c1-66-50-36-42(60(63)64)37-51(67-2)56(50)57-58-52(38-54(69-58)40-28-32-47(33-29-40)61(43-18-8-3-9-19-43)44-20-10-4-11-21-44)68(65,49-26-16-7-17-27-49)53-39-55(70-59(53)57)41-30-34-48(35-31-41)62(45-22-12-5-13-23-45)46-24-14-6-15-25-46/h3-39,57H,1-2H3,(H,63,64). The number of anilines is 6. The molecule has 0 amide bonds. The molecule has 0 fully saturated rings. The molecule has 0 bridgehead atoms. The SMILES string of the molecule is COc1cc(C(=O)O)cc(OC)c1C1c2sc(-c3ccc(N(c4ccccc4)c4ccccc4)cc3)cc2P(=O)(c2ccccc2)c2cc(-c3ccc(N(c4ccccc4)c4ccccc4)cc3)sc21. The Labute approximate surface area is 415 Å². The van der Waals surface area contributed by atoms with Crippen LogP contribution in [0.25, 0.3) is 20.9 Å². The van der Waals surface area contributed by atoms with E-state index < -0.39 is 19.0 Å². The number of rotatable bonds is 13. The molecule has 8 aromatic carbocycles. The molecule has 70 heavy (non-hydrogen) atoms. The van der Waals surface area contributed by atoms with Gasteiger partial charge >= 0.3 is 5.97 Å². The average molecular weight is 969 g/mol. The van der Waals surface area contributed by atoms with Crippen molar-refractivity contribution in [1.29, 1.82) is 0 Å². The van der Waals surface area contributed by atoms with Crippen molar-refractivity contribution >= 4 is 85.8 Å². The third-order valence-corrected chi connectivity index (χ3v) is 18.7. The van der Waals surface area contributed by atoms with Gasteiger partial charge in [0.05, 0.1) is 25.7 Å². The van der Waals surface area contributed by atoms with Gasteiger partial charge in [-0.05, 0) is 108 Å². The van der Waals surface area contributed by atoms with E-state index in [9.17, 15) is 9.90 Å². The van der Waals surface area contributed by atoms with Crippen molar-refractivity contribution in [3.63, 3.8) is 0 Å². The lowest BCUT2D eigenvalue weighted by Gasteiger charge is -2.31. The number of carbonyl (C=O) groups is 1. The van der Waals surface area contributed by atoms with E-state index in [4.69, 9.17) is 9.47 Å². The Morgan fingerprint density at radius 1 is 0.471 bits per heavy atom. The molecular formula is C60H45N2O5PS2. The zero-order chi connectivity index (χ0) is 47.8. The number of carboxylic acid groups (broad SMARTS) is 1. The van der Waals surface area contributed by atoms with Crippen LogP contribution in [0.2, 0.25) is 0 Å². The summed E-state index contributed by atoms with van der Waals surface area (Å²) in [5.41, 5.74) is 8.84. The number of methoxy groups -OCH3 is 2. The van der Waals surface area contributed by atoms with Gasteiger partial charge < -0.3 is 28.9 Å². The highest BCUT2D eigenvalue weighted by molar-refractivity contribution is 7.86. The fraction of sp³-hybridized carbons (Fsp3) is 0.0500. The van der Waals surface area contributed by atoms with Gasteiger partial charge in [0.15, 0.2) is 7.14 Å². The molecule has 0 radical (unpaired) electrons. The topological polar surface area (TPSA) is 79.3 Å². The second kappa shape index (κ2) is 18.9. The Balaban J connectivity index is 1.08. The van der Waals surface area contributed by atoms with Gasteiger partial charge in [-0.15, -0.1) is 22.7 Å². The van der Waals surface area contributed by atoms with Crippen LogP contribution in [0.1, 0.15) is 31.6 Å². The molecule has 0 unspecified atom stereocenters. The summed E-state index contributed by atoms with van der Waals surface area (Å²) in [6.45, 7) is 0. The Bertz CT molecular complexity index is 3230. The third kappa shape index (κ3) is 7.98. The summed E-state index contributed by atoms with van der Waals surface area (Å²) in [6.07, 6.45) is 0. The molecule has 1 aliphatic rings. The van der Waals surface area contributed by atoms with Crippen LogP contribution in [-0.2, 0) is 4.57 Å². The van der Waals surface area contributed by atoms with E-state index in [1.54, 1.807) is 49.0 Å². The Morgan fingerprint density at radius 3 is 1.13 bits per heavy atom. The van der Waals surface area contributed by atoms with E-state index >= 15 is 4.57 Å². The zero-order valence-corrected chi connectivity index (χ0v) is 40.7. The van der Waals surface area contributed by atoms with Crippen LogP contribution < -0.4 is 35.2 Å². The summed E-state index contributed by atoms with van der Waals surface area (Å²) >= 11 is 3.20. The number of benzene rings is 8. The fourth-order valence-electron chi connectivity index (χ4n) is 9.51. The monoisotopic (exact) mass is 968 g/mol. The molecule has 10 aromatic rings. The van der Waals surface area contributed by atoms with Crippen molar-refractivity contribution in [2.75, 3.05) is 24.0 Å². The van der Waals surface area contributed by atoms with E-state index in [0.717, 1.165) is 80.7 Å². The molecule has 342 valence electrons. The number of carboxylic acids is 1. The van der Waals surface area contributed by atoms with E-state index in [0.29, 0.717) is 17.1 Å². The van der Waals surface area contributed by atoms with Crippen molar-refractivity contribution < 1.29 is 23.9 Å². The van der Waals surface area contributed by atoms with Crippen LogP contribution in [-0.4, -0.2) is 25.3 Å². The van der Waals surface area contributed by atoms with Crippen LogP contribution in [0.3, 0.4) is 0 Å². The molecule has 7 nitrogen and oxygen atoms in total. The summed E-state index contributed by atoms with van der Waals surface area (Å²) in [4.78, 5) is 20.6. The van der Waals surface area contributed by atoms with Gasteiger partial charge in [0, 0.05) is 75.1 Å². The first kappa shape index (κ1) is 44.6. The maximum Gasteiger partial charge on any atom is 0.335 e. The smallest absolute Gasteiger partial charge is 0.335 e. The van der Waals surface area contributed by atoms with E-state index in [-0.39, 0.29) is 5.56 Å². The van der Waals surface area contributed by atoms with Crippen molar-refractivity contribution in [3.8, 4) is 32.4 Å². The van der Waals surface area contributed by atoms with Gasteiger partial charge in [0.25, 0.3) is 0 Å². The van der Waals surface area contributed by atoms with Crippen LogP contribution in [0.4, 0.5) is 34.1 Å². The molecule has 0 aliphatic carbocycles. The van der Waals surface area contributed by atoms with Crippen LogP contribution in [0.5, 0.6) is 11.5 Å². The largest absolute Gasteiger partial charge is 0.496 e. The van der Waals surface area contributed by atoms with Gasteiger partial charge in [-0.2, -0.15) is 0 Å². The molecular weight excluding hydrogens is 924 g/mol. The van der Waals surface area contributed by atoms with Crippen molar-refractivity contribution in [3.05, 3.63) is 245 Å². The summed E-state index contributed by atoms with van der Waals surface area (Å²) in [5.74, 6) is -0.866. The number of ether oxygens (including phenoxy) is 2. The number of fused-ring (bicyclic) bond motifs is 2. The Morgan fingerprint density at radius 2 is 0.800 bits per heavy atom. The highest BCUT2D eigenvalue weighted by Gasteiger charge is 2.47. The summed E-state index contributed by atoms with van der Waals surface area (Å²) in [7, 11) is -0.457. The van der Waals surface area contributed by atoms with Gasteiger partial charge in [0.1, 0.15) is 11.5 Å². The molecule has 1 aliphatic heterocycles. The predicted octanol–water partition coefficient (Wildman–Crippen LogP) is 14.9. The fourth-order valence-corrected chi connectivity index (χ4v) is 16.1. The van der Waals surface area contributed by atoms with E-state index in [1.165, 1.54) is 0 Å².